The van der Waals surface area contributed by atoms with E-state index in [9.17, 15) is 9.59 Å². The summed E-state index contributed by atoms with van der Waals surface area (Å²) in [6.45, 7) is 3.80. The molecule has 0 spiro atoms. The molecule has 2 aromatic carbocycles. The largest absolute Gasteiger partial charge is 0.493 e. The lowest BCUT2D eigenvalue weighted by atomic mass is 10.1. The molecule has 162 valence electrons. The molecular weight excluding hydrogens is 414 g/mol. The molecular formula is C23H25N3O4S. The molecule has 0 radical (unpaired) electrons. The lowest BCUT2D eigenvalue weighted by molar-refractivity contribution is -0.115. The number of benzene rings is 2. The highest BCUT2D eigenvalue weighted by Gasteiger charge is 2.16. The summed E-state index contributed by atoms with van der Waals surface area (Å²) in [4.78, 5) is 32.4. The predicted octanol–water partition coefficient (Wildman–Crippen LogP) is 4.13. The summed E-state index contributed by atoms with van der Waals surface area (Å²) in [6, 6.07) is 15.1. The molecule has 31 heavy (non-hydrogen) atoms. The molecule has 1 aromatic heterocycles. The Morgan fingerprint density at radius 2 is 1.84 bits per heavy atom. The van der Waals surface area contributed by atoms with Crippen LogP contribution in [0.1, 0.15) is 29.0 Å². The van der Waals surface area contributed by atoms with Crippen LogP contribution in [0.2, 0.25) is 0 Å². The van der Waals surface area contributed by atoms with Crippen molar-refractivity contribution in [3.63, 3.8) is 0 Å². The van der Waals surface area contributed by atoms with Gasteiger partial charge in [0.05, 0.1) is 20.6 Å². The summed E-state index contributed by atoms with van der Waals surface area (Å²) in [5.74, 6) is 0.750. The van der Waals surface area contributed by atoms with E-state index in [-0.39, 0.29) is 23.1 Å². The summed E-state index contributed by atoms with van der Waals surface area (Å²) in [7, 11) is 3.07. The van der Waals surface area contributed by atoms with Crippen LogP contribution in [0.4, 0.5) is 5.69 Å². The summed E-state index contributed by atoms with van der Waals surface area (Å²) >= 11 is 1.47. The number of H-pyrrole nitrogens is 1. The highest BCUT2D eigenvalue weighted by atomic mass is 32.2. The maximum Gasteiger partial charge on any atom is 0.255 e. The molecule has 0 saturated heterocycles. The normalized spacial score (nSPS) is 11.6. The second-order valence-electron chi connectivity index (χ2n) is 6.90. The van der Waals surface area contributed by atoms with Crippen LogP contribution >= 0.6 is 11.8 Å². The van der Waals surface area contributed by atoms with Gasteiger partial charge in [-0.2, -0.15) is 0 Å². The van der Waals surface area contributed by atoms with Crippen molar-refractivity contribution in [2.24, 2.45) is 0 Å². The molecule has 3 aromatic rings. The number of amides is 1. The number of hydrogen-bond acceptors (Lipinski definition) is 6. The molecule has 0 aliphatic carbocycles. The number of nitrogens with one attached hydrogen (secondary N) is 2. The maximum atomic E-state index is 12.6. The number of aromatic amines is 1. The molecule has 0 fully saturated rings. The molecule has 3 rings (SSSR count). The van der Waals surface area contributed by atoms with Crippen molar-refractivity contribution in [2.45, 2.75) is 30.7 Å². The van der Waals surface area contributed by atoms with Crippen LogP contribution in [0.15, 0.2) is 58.5 Å². The van der Waals surface area contributed by atoms with Crippen LogP contribution < -0.4 is 20.3 Å². The van der Waals surface area contributed by atoms with Gasteiger partial charge in [0.25, 0.3) is 5.56 Å². The summed E-state index contributed by atoms with van der Waals surface area (Å²) < 4.78 is 10.4. The fraction of sp³-hybridized carbons (Fsp3) is 0.261. The first kappa shape index (κ1) is 22.4. The van der Waals surface area contributed by atoms with Gasteiger partial charge in [-0.1, -0.05) is 42.1 Å². The van der Waals surface area contributed by atoms with E-state index in [1.54, 1.807) is 32.2 Å². The molecule has 1 amide bonds. The lowest BCUT2D eigenvalue weighted by Gasteiger charge is -2.13. The fourth-order valence-electron chi connectivity index (χ4n) is 3.09. The Labute approximate surface area is 185 Å². The minimum absolute atomic E-state index is 0.0816. The van der Waals surface area contributed by atoms with Gasteiger partial charge in [0, 0.05) is 28.3 Å². The third-order valence-corrected chi connectivity index (χ3v) is 5.80. The van der Waals surface area contributed by atoms with Crippen molar-refractivity contribution in [3.8, 4) is 11.5 Å². The summed E-state index contributed by atoms with van der Waals surface area (Å²) in [5, 5.41) is 3.44. The van der Waals surface area contributed by atoms with Crippen LogP contribution in [0.5, 0.6) is 11.5 Å². The zero-order chi connectivity index (χ0) is 22.4. The van der Waals surface area contributed by atoms with E-state index in [0.717, 1.165) is 5.56 Å². The van der Waals surface area contributed by atoms with Gasteiger partial charge in [-0.25, -0.2) is 4.98 Å². The zero-order valence-corrected chi connectivity index (χ0v) is 18.7. The quantitative estimate of drug-likeness (QED) is 0.405. The van der Waals surface area contributed by atoms with Gasteiger partial charge in [-0.05, 0) is 31.5 Å². The first-order valence-electron chi connectivity index (χ1n) is 9.74. The average molecular weight is 440 g/mol. The molecule has 2 N–H and O–H groups in total. The Morgan fingerprint density at radius 1 is 1.13 bits per heavy atom. The smallest absolute Gasteiger partial charge is 0.255 e. The molecule has 0 bridgehead atoms. The topological polar surface area (TPSA) is 93.3 Å². The molecule has 1 heterocycles. The van der Waals surface area contributed by atoms with Gasteiger partial charge in [-0.3, -0.25) is 9.59 Å². The fourth-order valence-corrected chi connectivity index (χ4v) is 4.06. The van der Waals surface area contributed by atoms with Crippen molar-refractivity contribution in [1.82, 2.24) is 9.97 Å². The minimum atomic E-state index is -0.319. The van der Waals surface area contributed by atoms with Crippen molar-refractivity contribution in [2.75, 3.05) is 19.5 Å². The van der Waals surface area contributed by atoms with Crippen LogP contribution in [0.3, 0.4) is 0 Å². The van der Waals surface area contributed by atoms with Crippen LogP contribution in [-0.4, -0.2) is 30.1 Å². The molecule has 1 unspecified atom stereocenters. The molecule has 0 aliphatic heterocycles. The van der Waals surface area contributed by atoms with E-state index in [0.29, 0.717) is 33.6 Å². The van der Waals surface area contributed by atoms with E-state index < -0.39 is 0 Å². The van der Waals surface area contributed by atoms with Gasteiger partial charge in [0.15, 0.2) is 16.7 Å². The third-order valence-electron chi connectivity index (χ3n) is 4.76. The highest BCUT2D eigenvalue weighted by molar-refractivity contribution is 7.99. The molecule has 8 heteroatoms. The van der Waals surface area contributed by atoms with Crippen LogP contribution in [-0.2, 0) is 11.2 Å². The highest BCUT2D eigenvalue weighted by Crippen LogP contribution is 2.32. The number of carbonyl (C=O) groups excluding carboxylic acids is 1. The number of carbonyl (C=O) groups is 1. The Balaban J connectivity index is 1.70. The molecule has 7 nitrogen and oxygen atoms in total. The van der Waals surface area contributed by atoms with Crippen molar-refractivity contribution < 1.29 is 14.3 Å². The number of aryl methyl sites for hydroxylation is 1. The van der Waals surface area contributed by atoms with Gasteiger partial charge >= 0.3 is 0 Å². The number of thioether (sulfide) groups is 1. The van der Waals surface area contributed by atoms with E-state index in [2.05, 4.69) is 22.2 Å². The number of ether oxygens (including phenoxy) is 2. The van der Waals surface area contributed by atoms with Crippen LogP contribution in [0.25, 0.3) is 0 Å². The second kappa shape index (κ2) is 10.2. The number of aromatic nitrogens is 2. The monoisotopic (exact) mass is 439 g/mol. The molecule has 1 atom stereocenters. The second-order valence-corrected chi connectivity index (χ2v) is 8.23. The number of rotatable bonds is 8. The summed E-state index contributed by atoms with van der Waals surface area (Å²) in [6.07, 6.45) is -0.0816. The van der Waals surface area contributed by atoms with E-state index in [1.807, 2.05) is 30.3 Å². The predicted molar refractivity (Wildman–Crippen MR) is 122 cm³/mol. The van der Waals surface area contributed by atoms with Crippen molar-refractivity contribution in [1.29, 1.82) is 0 Å². The number of nitrogens with zero attached hydrogens (tertiary/aromatic N) is 1. The zero-order valence-electron chi connectivity index (χ0n) is 17.9. The summed E-state index contributed by atoms with van der Waals surface area (Å²) in [5.41, 5.74) is 2.26. The van der Waals surface area contributed by atoms with E-state index in [1.165, 1.54) is 18.9 Å². The third kappa shape index (κ3) is 5.67. The van der Waals surface area contributed by atoms with Crippen LogP contribution in [0, 0.1) is 6.92 Å². The van der Waals surface area contributed by atoms with Gasteiger partial charge in [0.1, 0.15) is 0 Å². The Morgan fingerprint density at radius 3 is 2.48 bits per heavy atom. The Hall–Kier alpha value is -3.26. The lowest BCUT2D eigenvalue weighted by Crippen LogP contribution is -2.23. The Kier molecular flexibility index (Phi) is 7.36. The van der Waals surface area contributed by atoms with Crippen molar-refractivity contribution in [3.05, 3.63) is 75.7 Å². The maximum absolute atomic E-state index is 12.6. The van der Waals surface area contributed by atoms with Crippen molar-refractivity contribution >= 4 is 23.4 Å². The average Bonchev–Trinajstić information content (AvgIpc) is 2.76. The Bertz CT molecular complexity index is 1120. The van der Waals surface area contributed by atoms with E-state index >= 15 is 0 Å². The van der Waals surface area contributed by atoms with Gasteiger partial charge < -0.3 is 19.8 Å². The number of anilines is 1. The first-order valence-corrected chi connectivity index (χ1v) is 10.6. The SMILES string of the molecule is COc1ccc(NC(=O)Cc2c(C)nc(SC(C)c3ccccc3)[nH]c2=O)cc1OC. The van der Waals surface area contributed by atoms with Gasteiger partial charge in [-0.15, -0.1) is 0 Å². The van der Waals surface area contributed by atoms with Gasteiger partial charge in [0.2, 0.25) is 5.91 Å². The number of methoxy groups -OCH3 is 2. The standard InChI is InChI=1S/C23H25N3O4S/c1-14-18(13-21(27)25-17-10-11-19(29-3)20(12-17)30-4)22(28)26-23(24-14)31-15(2)16-8-6-5-7-9-16/h5-12,15H,13H2,1-4H3,(H,25,27)(H,24,26,28). The number of hydrogen-bond donors (Lipinski definition) is 2. The first-order chi connectivity index (χ1) is 14.9. The molecule has 0 aliphatic rings. The van der Waals surface area contributed by atoms with E-state index in [4.69, 9.17) is 9.47 Å². The molecule has 0 saturated carbocycles. The minimum Gasteiger partial charge on any atom is -0.493 e.